The molecule has 0 atom stereocenters. The van der Waals surface area contributed by atoms with Crippen molar-refractivity contribution in [2.45, 2.75) is 0 Å². The first-order valence-corrected chi connectivity index (χ1v) is 8.99. The molecule has 0 aliphatic carbocycles. The molecule has 0 aromatic heterocycles. The van der Waals surface area contributed by atoms with Crippen LogP contribution in [0.3, 0.4) is 0 Å². The largest absolute Gasteiger partial charge is 0.322 e. The molecule has 0 fully saturated rings. The lowest BCUT2D eigenvalue weighted by atomic mass is 10.1. The fourth-order valence-electron chi connectivity index (χ4n) is 2.93. The number of carbonyl (C=O) groups excluding carboxylic acids is 3. The van der Waals surface area contributed by atoms with E-state index < -0.39 is 0 Å². The minimum Gasteiger partial charge on any atom is -0.322 e. The van der Waals surface area contributed by atoms with E-state index in [1.54, 1.807) is 54.6 Å². The van der Waals surface area contributed by atoms with E-state index in [-0.39, 0.29) is 17.7 Å². The summed E-state index contributed by atoms with van der Waals surface area (Å²) in [7, 11) is 0. The van der Waals surface area contributed by atoms with Crippen LogP contribution in [0.1, 0.15) is 31.1 Å². The molecule has 1 heterocycles. The fourth-order valence-corrected chi connectivity index (χ4v) is 3.30. The molecule has 132 valence electrons. The number of carbonyl (C=O) groups is 3. The van der Waals surface area contributed by atoms with Crippen molar-refractivity contribution in [3.05, 3.63) is 94.0 Å². The molecule has 0 radical (unpaired) electrons. The maximum Gasteiger partial charge on any atom is 0.266 e. The average molecular weight is 421 g/mol. The van der Waals surface area contributed by atoms with Gasteiger partial charge in [-0.3, -0.25) is 14.4 Å². The molecule has 0 spiro atoms. The highest BCUT2D eigenvalue weighted by Crippen LogP contribution is 2.30. The summed E-state index contributed by atoms with van der Waals surface area (Å²) in [6, 6.07) is 20.5. The van der Waals surface area contributed by atoms with E-state index >= 15 is 0 Å². The lowest BCUT2D eigenvalue weighted by molar-refractivity contribution is 0.0925. The first kappa shape index (κ1) is 17.2. The van der Waals surface area contributed by atoms with Crippen LogP contribution in [-0.4, -0.2) is 17.7 Å². The molecule has 1 aliphatic heterocycles. The number of amides is 3. The number of imide groups is 1. The number of fused-ring (bicyclic) bond motifs is 1. The zero-order valence-corrected chi connectivity index (χ0v) is 15.6. The number of anilines is 2. The highest BCUT2D eigenvalue weighted by atomic mass is 79.9. The molecular formula is C21H13BrN2O3. The zero-order valence-electron chi connectivity index (χ0n) is 14.0. The molecule has 3 aromatic carbocycles. The number of rotatable bonds is 3. The van der Waals surface area contributed by atoms with Gasteiger partial charge in [0.2, 0.25) is 0 Å². The molecule has 27 heavy (non-hydrogen) atoms. The minimum atomic E-state index is -0.377. The average Bonchev–Trinajstić information content (AvgIpc) is 2.92. The lowest BCUT2D eigenvalue weighted by Gasteiger charge is -2.14. The van der Waals surface area contributed by atoms with Crippen LogP contribution in [-0.2, 0) is 0 Å². The Morgan fingerprint density at radius 1 is 0.815 bits per heavy atom. The monoisotopic (exact) mass is 420 g/mol. The van der Waals surface area contributed by atoms with Crippen molar-refractivity contribution in [1.82, 2.24) is 0 Å². The van der Waals surface area contributed by atoms with Crippen LogP contribution in [0.2, 0.25) is 0 Å². The molecule has 0 saturated heterocycles. The highest BCUT2D eigenvalue weighted by molar-refractivity contribution is 9.10. The second-order valence-corrected chi connectivity index (χ2v) is 6.92. The van der Waals surface area contributed by atoms with Crippen LogP contribution in [0.25, 0.3) is 0 Å². The number of para-hydroxylation sites is 1. The second kappa shape index (κ2) is 6.81. The number of hydrogen-bond acceptors (Lipinski definition) is 3. The molecule has 4 rings (SSSR count). The third-order valence-electron chi connectivity index (χ3n) is 4.27. The molecule has 5 nitrogen and oxygen atoms in total. The van der Waals surface area contributed by atoms with Crippen LogP contribution in [0.15, 0.2) is 77.3 Å². The van der Waals surface area contributed by atoms with Crippen molar-refractivity contribution in [3.8, 4) is 0 Å². The molecule has 3 amide bonds. The maximum absolute atomic E-state index is 12.6. The fraction of sp³-hybridized carbons (Fsp3) is 0. The van der Waals surface area contributed by atoms with Gasteiger partial charge in [-0.15, -0.1) is 0 Å². The van der Waals surface area contributed by atoms with Crippen molar-refractivity contribution in [3.63, 3.8) is 0 Å². The number of benzene rings is 3. The molecule has 6 heteroatoms. The van der Waals surface area contributed by atoms with Crippen molar-refractivity contribution < 1.29 is 14.4 Å². The predicted octanol–water partition coefficient (Wildman–Crippen LogP) is 4.50. The van der Waals surface area contributed by atoms with Gasteiger partial charge in [0.15, 0.2) is 0 Å². The number of hydrogen-bond donors (Lipinski definition) is 1. The zero-order chi connectivity index (χ0) is 19.0. The molecule has 0 saturated carbocycles. The molecule has 0 unspecified atom stereocenters. The molecule has 3 aromatic rings. The normalized spacial score (nSPS) is 12.9. The quantitative estimate of drug-likeness (QED) is 0.634. The number of halogens is 1. The van der Waals surface area contributed by atoms with Gasteiger partial charge in [0.05, 0.1) is 16.8 Å². The third-order valence-corrected chi connectivity index (χ3v) is 4.76. The maximum atomic E-state index is 12.6. The van der Waals surface area contributed by atoms with Crippen LogP contribution in [0, 0.1) is 0 Å². The van der Waals surface area contributed by atoms with E-state index in [1.807, 2.05) is 18.2 Å². The van der Waals surface area contributed by atoms with Gasteiger partial charge in [-0.05, 0) is 54.6 Å². The van der Waals surface area contributed by atoms with Crippen LogP contribution in [0.4, 0.5) is 11.4 Å². The summed E-state index contributed by atoms with van der Waals surface area (Å²) in [6.45, 7) is 0. The summed E-state index contributed by atoms with van der Waals surface area (Å²) in [5.74, 6) is -1.01. The smallest absolute Gasteiger partial charge is 0.266 e. The van der Waals surface area contributed by atoms with Crippen LogP contribution < -0.4 is 10.2 Å². The van der Waals surface area contributed by atoms with Gasteiger partial charge >= 0.3 is 0 Å². The van der Waals surface area contributed by atoms with Crippen LogP contribution in [0.5, 0.6) is 0 Å². The Balaban J connectivity index is 1.57. The topological polar surface area (TPSA) is 66.5 Å². The van der Waals surface area contributed by atoms with Gasteiger partial charge in [0, 0.05) is 15.7 Å². The summed E-state index contributed by atoms with van der Waals surface area (Å²) < 4.78 is 0.734. The second-order valence-electron chi connectivity index (χ2n) is 6.00. The van der Waals surface area contributed by atoms with Gasteiger partial charge < -0.3 is 5.32 Å². The third kappa shape index (κ3) is 3.15. The highest BCUT2D eigenvalue weighted by Gasteiger charge is 2.36. The summed E-state index contributed by atoms with van der Waals surface area (Å²) in [4.78, 5) is 38.7. The Morgan fingerprint density at radius 2 is 1.48 bits per heavy atom. The number of nitrogens with one attached hydrogen (secondary N) is 1. The minimum absolute atomic E-state index is 0.265. The number of nitrogens with zero attached hydrogens (tertiary/aromatic N) is 1. The predicted molar refractivity (Wildman–Crippen MR) is 106 cm³/mol. The van der Waals surface area contributed by atoms with Gasteiger partial charge in [-0.1, -0.05) is 34.1 Å². The lowest BCUT2D eigenvalue weighted by Crippen LogP contribution is -2.29. The van der Waals surface area contributed by atoms with Crippen molar-refractivity contribution in [2.75, 3.05) is 10.2 Å². The molecular weight excluding hydrogens is 408 g/mol. The van der Waals surface area contributed by atoms with E-state index in [1.165, 1.54) is 0 Å². The first-order chi connectivity index (χ1) is 13.0. The Bertz CT molecular complexity index is 1060. The standard InChI is InChI=1S/C21H13BrN2O3/c22-14-8-11-17-18(12-14)21(27)24(20(17)26)16-9-6-13(7-10-16)19(25)23-15-4-2-1-3-5-15/h1-12H,(H,23,25). The van der Waals surface area contributed by atoms with E-state index in [0.29, 0.717) is 28.1 Å². The van der Waals surface area contributed by atoms with Gasteiger partial charge in [-0.2, -0.15) is 0 Å². The van der Waals surface area contributed by atoms with Crippen molar-refractivity contribution >= 4 is 45.0 Å². The van der Waals surface area contributed by atoms with E-state index in [4.69, 9.17) is 0 Å². The Labute approximate surface area is 163 Å². The Hall–Kier alpha value is -3.25. The summed E-state index contributed by atoms with van der Waals surface area (Å²) in [5.41, 5.74) is 2.28. The van der Waals surface area contributed by atoms with E-state index in [9.17, 15) is 14.4 Å². The van der Waals surface area contributed by atoms with Gasteiger partial charge in [0.25, 0.3) is 17.7 Å². The van der Waals surface area contributed by atoms with Gasteiger partial charge in [0.1, 0.15) is 0 Å². The molecule has 1 N–H and O–H groups in total. The van der Waals surface area contributed by atoms with Crippen LogP contribution >= 0.6 is 15.9 Å². The molecule has 1 aliphatic rings. The SMILES string of the molecule is O=C(Nc1ccccc1)c1ccc(N2C(=O)c3ccc(Br)cc3C2=O)cc1. The Morgan fingerprint density at radius 3 is 2.19 bits per heavy atom. The summed E-state index contributed by atoms with van der Waals surface area (Å²) >= 11 is 3.31. The summed E-state index contributed by atoms with van der Waals surface area (Å²) in [6.07, 6.45) is 0. The summed E-state index contributed by atoms with van der Waals surface area (Å²) in [5, 5.41) is 2.79. The van der Waals surface area contributed by atoms with Crippen molar-refractivity contribution in [1.29, 1.82) is 0 Å². The van der Waals surface area contributed by atoms with Crippen molar-refractivity contribution in [2.24, 2.45) is 0 Å². The van der Waals surface area contributed by atoms with Gasteiger partial charge in [-0.25, -0.2) is 4.90 Å². The van der Waals surface area contributed by atoms with E-state index in [0.717, 1.165) is 9.37 Å². The Kier molecular flexibility index (Phi) is 4.33. The first-order valence-electron chi connectivity index (χ1n) is 8.19. The van der Waals surface area contributed by atoms with E-state index in [2.05, 4.69) is 21.2 Å². The molecule has 0 bridgehead atoms.